The van der Waals surface area contributed by atoms with Crippen LogP contribution in [0.4, 0.5) is 0 Å². The van der Waals surface area contributed by atoms with Crippen molar-refractivity contribution in [2.24, 2.45) is 5.92 Å². The Morgan fingerprint density at radius 3 is 2.86 bits per heavy atom. The van der Waals surface area contributed by atoms with Crippen molar-refractivity contribution in [3.8, 4) is 0 Å². The van der Waals surface area contributed by atoms with Gasteiger partial charge >= 0.3 is 5.97 Å². The fourth-order valence-electron chi connectivity index (χ4n) is 1.81. The predicted molar refractivity (Wildman–Crippen MR) is 52.8 cm³/mol. The number of carbonyl (C=O) groups excluding carboxylic acids is 2. The van der Waals surface area contributed by atoms with Crippen LogP contribution in [0.3, 0.4) is 0 Å². The third-order valence-corrected chi connectivity index (χ3v) is 2.68. The molecule has 1 heterocycles. The Labute approximate surface area is 84.8 Å². The molecule has 0 aliphatic carbocycles. The van der Waals surface area contributed by atoms with Gasteiger partial charge in [-0.25, -0.2) is 0 Å². The van der Waals surface area contributed by atoms with Gasteiger partial charge < -0.3 is 9.53 Å². The van der Waals surface area contributed by atoms with Crippen molar-refractivity contribution in [3.05, 3.63) is 0 Å². The van der Waals surface area contributed by atoms with Gasteiger partial charge in [0.25, 0.3) is 0 Å². The third kappa shape index (κ3) is 3.13. The van der Waals surface area contributed by atoms with Crippen molar-refractivity contribution >= 4 is 12.3 Å². The van der Waals surface area contributed by atoms with E-state index in [-0.39, 0.29) is 24.4 Å². The van der Waals surface area contributed by atoms with Gasteiger partial charge in [0.15, 0.2) is 0 Å². The normalized spacial score (nSPS) is 26.2. The van der Waals surface area contributed by atoms with Crippen molar-refractivity contribution in [1.82, 2.24) is 0 Å². The summed E-state index contributed by atoms with van der Waals surface area (Å²) < 4.78 is 5.07. The van der Waals surface area contributed by atoms with Gasteiger partial charge in [-0.2, -0.15) is 0 Å². The number of hydrogen-bond donors (Lipinski definition) is 0. The molecule has 1 aliphatic rings. The molecule has 0 spiro atoms. The van der Waals surface area contributed by atoms with Gasteiger partial charge in [0.05, 0.1) is 12.3 Å². The maximum Gasteiger partial charge on any atom is 0.306 e. The Kier molecular flexibility index (Phi) is 4.63. The molecule has 0 bridgehead atoms. The molecule has 0 radical (unpaired) electrons. The second-order valence-corrected chi connectivity index (χ2v) is 3.88. The summed E-state index contributed by atoms with van der Waals surface area (Å²) in [4.78, 5) is 21.6. The standard InChI is InChI=1S/C11H18O3/c1-2-3-4-5-6-10-9(8-12)7-11(13)14-10/h8-10H,2-7H2,1H3/t9-,10-/m0/s1. The van der Waals surface area contributed by atoms with Gasteiger partial charge in [0.1, 0.15) is 12.4 Å². The van der Waals surface area contributed by atoms with Gasteiger partial charge in [-0.05, 0) is 12.8 Å². The monoisotopic (exact) mass is 198 g/mol. The third-order valence-electron chi connectivity index (χ3n) is 2.68. The van der Waals surface area contributed by atoms with Crippen LogP contribution < -0.4 is 0 Å². The summed E-state index contributed by atoms with van der Waals surface area (Å²) in [6.07, 6.45) is 6.46. The molecule has 80 valence electrons. The molecule has 2 atom stereocenters. The van der Waals surface area contributed by atoms with Crippen LogP contribution in [0, 0.1) is 5.92 Å². The summed E-state index contributed by atoms with van der Waals surface area (Å²) in [5.74, 6) is -0.410. The second-order valence-electron chi connectivity index (χ2n) is 3.88. The molecule has 0 aromatic carbocycles. The van der Waals surface area contributed by atoms with Gasteiger partial charge in [-0.15, -0.1) is 0 Å². The van der Waals surface area contributed by atoms with E-state index in [0.717, 1.165) is 25.5 Å². The van der Waals surface area contributed by atoms with E-state index in [2.05, 4.69) is 6.92 Å². The average molecular weight is 198 g/mol. The zero-order valence-corrected chi connectivity index (χ0v) is 8.70. The van der Waals surface area contributed by atoms with Gasteiger partial charge in [-0.3, -0.25) is 4.79 Å². The molecule has 0 unspecified atom stereocenters. The first-order valence-corrected chi connectivity index (χ1v) is 5.42. The lowest BCUT2D eigenvalue weighted by Crippen LogP contribution is -2.16. The highest BCUT2D eigenvalue weighted by Crippen LogP contribution is 2.24. The summed E-state index contributed by atoms with van der Waals surface area (Å²) in [7, 11) is 0. The predicted octanol–water partition coefficient (Wildman–Crippen LogP) is 2.09. The van der Waals surface area contributed by atoms with Crippen molar-refractivity contribution in [2.75, 3.05) is 0 Å². The van der Waals surface area contributed by atoms with Crippen molar-refractivity contribution in [1.29, 1.82) is 0 Å². The lowest BCUT2D eigenvalue weighted by Gasteiger charge is -2.11. The molecule has 3 heteroatoms. The second kappa shape index (κ2) is 5.78. The molecule has 0 amide bonds. The number of carbonyl (C=O) groups is 2. The number of cyclic esters (lactones) is 1. The summed E-state index contributed by atoms with van der Waals surface area (Å²) in [5, 5.41) is 0. The number of rotatable bonds is 6. The molecule has 1 aliphatic heterocycles. The Balaban J connectivity index is 2.22. The largest absolute Gasteiger partial charge is 0.462 e. The van der Waals surface area contributed by atoms with Crippen LogP contribution in [0.15, 0.2) is 0 Å². The van der Waals surface area contributed by atoms with E-state index in [0.29, 0.717) is 0 Å². The van der Waals surface area contributed by atoms with Crippen molar-refractivity contribution in [3.63, 3.8) is 0 Å². The van der Waals surface area contributed by atoms with Gasteiger partial charge in [-0.1, -0.05) is 26.2 Å². The minimum atomic E-state index is -0.220. The maximum atomic E-state index is 10.9. The van der Waals surface area contributed by atoms with E-state index in [1.54, 1.807) is 0 Å². The molecule has 14 heavy (non-hydrogen) atoms. The highest BCUT2D eigenvalue weighted by Gasteiger charge is 2.33. The van der Waals surface area contributed by atoms with Crippen molar-refractivity contribution < 1.29 is 14.3 Å². The molecular formula is C11H18O3. The molecule has 1 saturated heterocycles. The minimum Gasteiger partial charge on any atom is -0.462 e. The SMILES string of the molecule is CCCCCC[C@@H]1OC(=O)C[C@H]1C=O. The smallest absolute Gasteiger partial charge is 0.306 e. The van der Waals surface area contributed by atoms with Crippen LogP contribution >= 0.6 is 0 Å². The van der Waals surface area contributed by atoms with E-state index in [9.17, 15) is 9.59 Å². The Morgan fingerprint density at radius 2 is 2.21 bits per heavy atom. The summed E-state index contributed by atoms with van der Waals surface area (Å²) in [6, 6.07) is 0. The Morgan fingerprint density at radius 1 is 1.43 bits per heavy atom. The zero-order chi connectivity index (χ0) is 10.4. The number of unbranched alkanes of at least 4 members (excludes halogenated alkanes) is 3. The van der Waals surface area contributed by atoms with Crippen LogP contribution in [-0.2, 0) is 14.3 Å². The highest BCUT2D eigenvalue weighted by atomic mass is 16.5. The molecule has 1 fully saturated rings. The quantitative estimate of drug-likeness (QED) is 0.373. The Bertz CT molecular complexity index is 201. The van der Waals surface area contributed by atoms with E-state index < -0.39 is 0 Å². The first-order chi connectivity index (χ1) is 6.77. The van der Waals surface area contributed by atoms with Crippen LogP contribution in [-0.4, -0.2) is 18.4 Å². The molecule has 3 nitrogen and oxygen atoms in total. The lowest BCUT2D eigenvalue weighted by molar-refractivity contribution is -0.141. The lowest BCUT2D eigenvalue weighted by atomic mass is 9.98. The Hall–Kier alpha value is -0.860. The summed E-state index contributed by atoms with van der Waals surface area (Å²) in [6.45, 7) is 2.16. The number of esters is 1. The zero-order valence-electron chi connectivity index (χ0n) is 8.70. The van der Waals surface area contributed by atoms with Crippen LogP contribution in [0.5, 0.6) is 0 Å². The van der Waals surface area contributed by atoms with Crippen molar-refractivity contribution in [2.45, 2.75) is 51.6 Å². The molecule has 0 N–H and O–H groups in total. The summed E-state index contributed by atoms with van der Waals surface area (Å²) >= 11 is 0. The molecule has 0 aromatic rings. The first kappa shape index (κ1) is 11.2. The number of hydrogen-bond acceptors (Lipinski definition) is 3. The van der Waals surface area contributed by atoms with Gasteiger partial charge in [0.2, 0.25) is 0 Å². The molecule has 1 rings (SSSR count). The number of ether oxygens (including phenoxy) is 1. The van der Waals surface area contributed by atoms with Crippen LogP contribution in [0.25, 0.3) is 0 Å². The maximum absolute atomic E-state index is 10.9. The fourth-order valence-corrected chi connectivity index (χ4v) is 1.81. The minimum absolute atomic E-state index is 0.142. The van der Waals surface area contributed by atoms with E-state index in [1.165, 1.54) is 12.8 Å². The van der Waals surface area contributed by atoms with Gasteiger partial charge in [0, 0.05) is 0 Å². The van der Waals surface area contributed by atoms with Crippen LogP contribution in [0.2, 0.25) is 0 Å². The number of aldehydes is 1. The molecule has 0 saturated carbocycles. The fraction of sp³-hybridized carbons (Fsp3) is 0.818. The van der Waals surface area contributed by atoms with Crippen LogP contribution in [0.1, 0.15) is 45.4 Å². The summed E-state index contributed by atoms with van der Waals surface area (Å²) in [5.41, 5.74) is 0. The molecule has 0 aromatic heterocycles. The first-order valence-electron chi connectivity index (χ1n) is 5.42. The van der Waals surface area contributed by atoms with E-state index in [1.807, 2.05) is 0 Å². The van der Waals surface area contributed by atoms with E-state index >= 15 is 0 Å². The average Bonchev–Trinajstić information content (AvgIpc) is 2.54. The topological polar surface area (TPSA) is 43.4 Å². The molecular weight excluding hydrogens is 180 g/mol. The highest BCUT2D eigenvalue weighted by molar-refractivity contribution is 5.77. The van der Waals surface area contributed by atoms with E-state index in [4.69, 9.17) is 4.74 Å².